The van der Waals surface area contributed by atoms with E-state index in [2.05, 4.69) is 161 Å². The van der Waals surface area contributed by atoms with Crippen molar-refractivity contribution in [3.8, 4) is 22.3 Å². The van der Waals surface area contributed by atoms with Crippen LogP contribution in [-0.2, 0) is 10.8 Å². The molecule has 0 atom stereocenters. The van der Waals surface area contributed by atoms with Crippen molar-refractivity contribution in [2.24, 2.45) is 0 Å². The van der Waals surface area contributed by atoms with Gasteiger partial charge in [0.05, 0.1) is 5.69 Å². The number of para-hydroxylation sites is 2. The zero-order valence-electron chi connectivity index (χ0n) is 32.5. The van der Waals surface area contributed by atoms with Gasteiger partial charge in [-0.15, -0.1) is 0 Å². The van der Waals surface area contributed by atoms with Crippen LogP contribution >= 0.6 is 0 Å². The van der Waals surface area contributed by atoms with Crippen LogP contribution in [0.15, 0.2) is 152 Å². The van der Waals surface area contributed by atoms with Gasteiger partial charge in [-0.25, -0.2) is 0 Å². The van der Waals surface area contributed by atoms with E-state index in [4.69, 9.17) is 0 Å². The Morgan fingerprint density at radius 2 is 0.930 bits per heavy atom. The van der Waals surface area contributed by atoms with Gasteiger partial charge in [0.15, 0.2) is 0 Å². The van der Waals surface area contributed by atoms with E-state index in [1.54, 1.807) is 22.3 Å². The summed E-state index contributed by atoms with van der Waals surface area (Å²) in [5, 5.41) is 0. The minimum absolute atomic E-state index is 0.0684. The van der Waals surface area contributed by atoms with Crippen LogP contribution in [0.1, 0.15) is 86.5 Å². The van der Waals surface area contributed by atoms with Crippen LogP contribution in [-0.4, -0.2) is 6.71 Å². The van der Waals surface area contributed by atoms with Gasteiger partial charge < -0.3 is 9.80 Å². The summed E-state index contributed by atoms with van der Waals surface area (Å²) < 4.78 is 0. The van der Waals surface area contributed by atoms with Gasteiger partial charge >= 0.3 is 0 Å². The molecule has 0 bridgehead atoms. The van der Waals surface area contributed by atoms with Crippen LogP contribution in [0.3, 0.4) is 0 Å². The van der Waals surface area contributed by atoms with E-state index in [-0.39, 0.29) is 17.5 Å². The molecule has 57 heavy (non-hydrogen) atoms. The fraction of sp³-hybridized carbons (Fsp3) is 0.222. The van der Waals surface area contributed by atoms with E-state index in [9.17, 15) is 0 Å². The van der Waals surface area contributed by atoms with Crippen LogP contribution in [0.4, 0.5) is 34.1 Å². The largest absolute Gasteiger partial charge is 0.311 e. The lowest BCUT2D eigenvalue weighted by molar-refractivity contribution is 0.353. The summed E-state index contributed by atoms with van der Waals surface area (Å²) in [5.41, 5.74) is 24.1. The summed E-state index contributed by atoms with van der Waals surface area (Å²) in [6.07, 6.45) is 12.8. The molecule has 2 saturated carbocycles. The maximum absolute atomic E-state index is 2.74. The number of fused-ring (bicyclic) bond motifs is 14. The number of nitrogens with zero attached hydrogens (tertiary/aromatic N) is 2. The molecule has 2 heterocycles. The molecule has 3 heteroatoms. The Hall–Kier alpha value is -5.80. The molecular weight excluding hydrogens is 687 g/mol. The molecule has 2 nitrogen and oxygen atoms in total. The first-order valence-corrected chi connectivity index (χ1v) is 21.7. The molecule has 0 aromatic heterocycles. The lowest BCUT2D eigenvalue weighted by atomic mass is 9.33. The average Bonchev–Trinajstić information content (AvgIpc) is 3.69. The average molecular weight is 733 g/mol. The molecule has 2 fully saturated rings. The quantitative estimate of drug-likeness (QED) is 0.163. The third kappa shape index (κ3) is 4.17. The fourth-order valence-corrected chi connectivity index (χ4v) is 13.0. The summed E-state index contributed by atoms with van der Waals surface area (Å²) in [4.78, 5) is 5.26. The molecule has 7 aromatic rings. The zero-order chi connectivity index (χ0) is 37.3. The summed E-state index contributed by atoms with van der Waals surface area (Å²) in [5.74, 6) is 0. The molecule has 13 rings (SSSR count). The van der Waals surface area contributed by atoms with Gasteiger partial charge in [-0.3, -0.25) is 0 Å². The van der Waals surface area contributed by atoms with Crippen LogP contribution in [0.5, 0.6) is 0 Å². The smallest absolute Gasteiger partial charge is 0.252 e. The van der Waals surface area contributed by atoms with Crippen LogP contribution in [0.25, 0.3) is 22.3 Å². The number of benzene rings is 7. The number of anilines is 6. The van der Waals surface area contributed by atoms with Crippen molar-refractivity contribution in [3.05, 3.63) is 174 Å². The summed E-state index contributed by atoms with van der Waals surface area (Å²) in [6.45, 7) is 0.104. The van der Waals surface area contributed by atoms with Gasteiger partial charge in [-0.2, -0.15) is 0 Å². The van der Waals surface area contributed by atoms with E-state index < -0.39 is 0 Å². The van der Waals surface area contributed by atoms with E-state index in [0.29, 0.717) is 0 Å². The summed E-state index contributed by atoms with van der Waals surface area (Å²) in [6, 6.07) is 58.9. The SMILES string of the molecule is c1ccc(N2c3ccccc3B3c4cc5c(cc4N(c4cccc6c4-c4ccccc4C64CCCCC4)c4cccc2c43)C2(CCCCC2)c2ccccc2-5)cc1. The Bertz CT molecular complexity index is 2790. The molecule has 4 aliphatic carbocycles. The van der Waals surface area contributed by atoms with Crippen molar-refractivity contribution < 1.29 is 0 Å². The standard InChI is InChI=1S/C54H45BN2/c1-4-18-36(19-5-1)56-46-26-11-10-25-44(46)55-45-34-39-37-20-6-8-22-40(37)54(32-14-3-15-33-54)43(39)35-50(45)57(49-29-17-28-48(56)52(49)55)47-27-16-24-42-51(47)38-21-7-9-23-41(38)53(42)30-12-2-13-31-53/h1,4-11,16-29,34-35H,2-3,12-15,30-33H2. The molecule has 274 valence electrons. The zero-order valence-corrected chi connectivity index (χ0v) is 32.5. The highest BCUT2D eigenvalue weighted by Crippen LogP contribution is 2.61. The van der Waals surface area contributed by atoms with E-state index in [1.807, 2.05) is 0 Å². The van der Waals surface area contributed by atoms with E-state index in [0.717, 1.165) is 0 Å². The molecule has 7 aromatic carbocycles. The van der Waals surface area contributed by atoms with E-state index >= 15 is 0 Å². The molecular formula is C54H45BN2. The van der Waals surface area contributed by atoms with Crippen molar-refractivity contribution in [1.82, 2.24) is 0 Å². The van der Waals surface area contributed by atoms with Crippen LogP contribution in [0, 0.1) is 0 Å². The minimum Gasteiger partial charge on any atom is -0.311 e. The Morgan fingerprint density at radius 3 is 1.70 bits per heavy atom. The molecule has 2 aliphatic heterocycles. The topological polar surface area (TPSA) is 6.48 Å². The van der Waals surface area contributed by atoms with Crippen molar-refractivity contribution in [1.29, 1.82) is 0 Å². The second kappa shape index (κ2) is 11.9. The monoisotopic (exact) mass is 732 g/mol. The Labute approximate surface area is 336 Å². The lowest BCUT2D eigenvalue weighted by Crippen LogP contribution is -2.61. The first kappa shape index (κ1) is 32.3. The predicted molar refractivity (Wildman–Crippen MR) is 239 cm³/mol. The van der Waals surface area contributed by atoms with Gasteiger partial charge in [0.1, 0.15) is 0 Å². The van der Waals surface area contributed by atoms with Crippen molar-refractivity contribution in [2.45, 2.75) is 75.0 Å². The third-order valence-electron chi connectivity index (χ3n) is 15.2. The van der Waals surface area contributed by atoms with E-state index in [1.165, 1.54) is 137 Å². The van der Waals surface area contributed by atoms with Gasteiger partial charge in [0.25, 0.3) is 6.71 Å². The molecule has 0 saturated heterocycles. The highest BCUT2D eigenvalue weighted by atomic mass is 15.2. The molecule has 0 unspecified atom stereocenters. The van der Waals surface area contributed by atoms with Gasteiger partial charge in [-0.1, -0.05) is 148 Å². The Kier molecular flexibility index (Phi) is 6.73. The normalized spacial score (nSPS) is 18.4. The van der Waals surface area contributed by atoms with Gasteiger partial charge in [-0.05, 0) is 123 Å². The highest BCUT2D eigenvalue weighted by Gasteiger charge is 2.50. The van der Waals surface area contributed by atoms with Gasteiger partial charge in [0, 0.05) is 44.8 Å². The van der Waals surface area contributed by atoms with Gasteiger partial charge in [0.2, 0.25) is 0 Å². The van der Waals surface area contributed by atoms with Crippen molar-refractivity contribution in [3.63, 3.8) is 0 Å². The maximum atomic E-state index is 2.74. The number of hydrogen-bond donors (Lipinski definition) is 0. The fourth-order valence-electron chi connectivity index (χ4n) is 13.0. The molecule has 0 N–H and O–H groups in total. The predicted octanol–water partition coefficient (Wildman–Crippen LogP) is 12.2. The number of rotatable bonds is 2. The lowest BCUT2D eigenvalue weighted by Gasteiger charge is -2.45. The molecule has 2 spiro atoms. The van der Waals surface area contributed by atoms with Crippen LogP contribution in [0.2, 0.25) is 0 Å². The second-order valence-corrected chi connectivity index (χ2v) is 17.7. The maximum Gasteiger partial charge on any atom is 0.252 e. The molecule has 0 radical (unpaired) electrons. The third-order valence-corrected chi connectivity index (χ3v) is 15.2. The molecule has 6 aliphatic rings. The first-order chi connectivity index (χ1) is 28.3. The first-order valence-electron chi connectivity index (χ1n) is 21.7. The summed E-state index contributed by atoms with van der Waals surface area (Å²) >= 11 is 0. The summed E-state index contributed by atoms with van der Waals surface area (Å²) in [7, 11) is 0. The van der Waals surface area contributed by atoms with Crippen LogP contribution < -0.4 is 26.2 Å². The minimum atomic E-state index is 0.0684. The molecule has 0 amide bonds. The number of hydrogen-bond acceptors (Lipinski definition) is 2. The van der Waals surface area contributed by atoms with Crippen molar-refractivity contribution >= 4 is 57.2 Å². The second-order valence-electron chi connectivity index (χ2n) is 17.7. The highest BCUT2D eigenvalue weighted by molar-refractivity contribution is 7.00. The Balaban J connectivity index is 1.14. The Morgan fingerprint density at radius 1 is 0.368 bits per heavy atom. The van der Waals surface area contributed by atoms with Crippen molar-refractivity contribution in [2.75, 3.05) is 9.80 Å².